The van der Waals surface area contributed by atoms with Crippen LogP contribution >= 0.6 is 34.5 Å². The summed E-state index contributed by atoms with van der Waals surface area (Å²) in [6.45, 7) is 2.89. The minimum atomic E-state index is 0.282. The lowest BCUT2D eigenvalue weighted by atomic mass is 10.1. The number of hydrogen-bond donors (Lipinski definition) is 0. The Kier molecular flexibility index (Phi) is 6.43. The zero-order chi connectivity index (χ0) is 17.8. The number of benzene rings is 1. The van der Waals surface area contributed by atoms with Crippen molar-refractivity contribution in [1.82, 2.24) is 4.90 Å². The van der Waals surface area contributed by atoms with Gasteiger partial charge in [-0.2, -0.15) is 0 Å². The second-order valence-electron chi connectivity index (χ2n) is 6.71. The molecule has 2 heterocycles. The number of aryl methyl sites for hydroxylation is 2. The van der Waals surface area contributed by atoms with Crippen LogP contribution in [0, 0.1) is 6.92 Å². The van der Waals surface area contributed by atoms with Gasteiger partial charge in [0.25, 0.3) is 0 Å². The van der Waals surface area contributed by atoms with Crippen molar-refractivity contribution in [3.8, 4) is 0 Å². The van der Waals surface area contributed by atoms with E-state index in [1.807, 2.05) is 23.5 Å². The molecule has 1 saturated heterocycles. The lowest BCUT2D eigenvalue weighted by Gasteiger charge is -2.25. The fraction of sp³-hybridized carbons (Fsp3) is 0.450. The minimum absolute atomic E-state index is 0.282. The van der Waals surface area contributed by atoms with Crippen LogP contribution in [-0.2, 0) is 17.6 Å². The van der Waals surface area contributed by atoms with E-state index in [0.29, 0.717) is 22.5 Å². The number of nitrogens with zero attached hydrogens (tertiary/aromatic N) is 1. The van der Waals surface area contributed by atoms with Crippen molar-refractivity contribution < 1.29 is 4.79 Å². The van der Waals surface area contributed by atoms with Gasteiger partial charge in [-0.05, 0) is 74.9 Å². The van der Waals surface area contributed by atoms with Crippen LogP contribution in [0.5, 0.6) is 0 Å². The van der Waals surface area contributed by atoms with Crippen molar-refractivity contribution in [2.24, 2.45) is 0 Å². The predicted octanol–water partition coefficient (Wildman–Crippen LogP) is 5.92. The molecule has 0 radical (unpaired) electrons. The number of amides is 1. The molecule has 0 saturated carbocycles. The molecule has 0 aliphatic carbocycles. The Morgan fingerprint density at radius 2 is 1.92 bits per heavy atom. The quantitative estimate of drug-likeness (QED) is 0.569. The van der Waals surface area contributed by atoms with Gasteiger partial charge >= 0.3 is 0 Å². The number of hydrogen-bond acceptors (Lipinski definition) is 2. The molecule has 2 aromatic rings. The van der Waals surface area contributed by atoms with Crippen molar-refractivity contribution in [1.29, 1.82) is 0 Å². The van der Waals surface area contributed by atoms with Crippen LogP contribution in [0.1, 0.15) is 41.0 Å². The summed E-state index contributed by atoms with van der Waals surface area (Å²) < 4.78 is 0. The van der Waals surface area contributed by atoms with Crippen molar-refractivity contribution in [2.45, 2.75) is 51.5 Å². The number of rotatable bonds is 7. The summed E-state index contributed by atoms with van der Waals surface area (Å²) in [4.78, 5) is 17.1. The third kappa shape index (κ3) is 5.22. The molecule has 1 atom stereocenters. The largest absolute Gasteiger partial charge is 0.339 e. The van der Waals surface area contributed by atoms with Crippen LogP contribution in [0.15, 0.2) is 30.3 Å². The molecular weight excluding hydrogens is 373 g/mol. The Bertz CT molecular complexity index is 723. The molecule has 1 fully saturated rings. The Labute approximate surface area is 163 Å². The molecular formula is C20H23Cl2NOS. The third-order valence-corrected chi connectivity index (χ3v) is 6.27. The summed E-state index contributed by atoms with van der Waals surface area (Å²) >= 11 is 14.0. The van der Waals surface area contributed by atoms with Crippen molar-refractivity contribution in [2.75, 3.05) is 6.54 Å². The van der Waals surface area contributed by atoms with Gasteiger partial charge in [-0.3, -0.25) is 4.79 Å². The van der Waals surface area contributed by atoms with Gasteiger partial charge in [-0.25, -0.2) is 0 Å². The first-order chi connectivity index (χ1) is 12.0. The summed E-state index contributed by atoms with van der Waals surface area (Å²) in [5.74, 6) is 0.282. The van der Waals surface area contributed by atoms with Gasteiger partial charge < -0.3 is 4.90 Å². The highest BCUT2D eigenvalue weighted by atomic mass is 35.5. The molecule has 0 bridgehead atoms. The lowest BCUT2D eigenvalue weighted by molar-refractivity contribution is -0.129. The van der Waals surface area contributed by atoms with E-state index >= 15 is 0 Å². The maximum Gasteiger partial charge on any atom is 0.222 e. The Morgan fingerprint density at radius 3 is 2.60 bits per heavy atom. The first-order valence-electron chi connectivity index (χ1n) is 8.81. The molecule has 5 heteroatoms. The van der Waals surface area contributed by atoms with E-state index in [1.54, 1.807) is 6.07 Å². The highest BCUT2D eigenvalue weighted by Gasteiger charge is 2.29. The average Bonchev–Trinajstić information content (AvgIpc) is 3.11. The molecule has 2 nitrogen and oxygen atoms in total. The van der Waals surface area contributed by atoms with Gasteiger partial charge in [0, 0.05) is 38.8 Å². The molecule has 0 N–H and O–H groups in total. The first-order valence-corrected chi connectivity index (χ1v) is 10.4. The molecule has 1 amide bonds. The summed E-state index contributed by atoms with van der Waals surface area (Å²) in [5.41, 5.74) is 1.09. The topological polar surface area (TPSA) is 20.3 Å². The van der Waals surface area contributed by atoms with Crippen molar-refractivity contribution >= 4 is 40.4 Å². The van der Waals surface area contributed by atoms with Gasteiger partial charge in [0.05, 0.1) is 0 Å². The van der Waals surface area contributed by atoms with E-state index in [-0.39, 0.29) is 5.91 Å². The van der Waals surface area contributed by atoms with E-state index in [9.17, 15) is 4.79 Å². The van der Waals surface area contributed by atoms with Crippen LogP contribution in [0.2, 0.25) is 10.0 Å². The zero-order valence-electron chi connectivity index (χ0n) is 14.4. The van der Waals surface area contributed by atoms with Crippen LogP contribution in [0.3, 0.4) is 0 Å². The predicted molar refractivity (Wildman–Crippen MR) is 107 cm³/mol. The van der Waals surface area contributed by atoms with Gasteiger partial charge in [-0.15, -0.1) is 11.3 Å². The van der Waals surface area contributed by atoms with Gasteiger partial charge in [0.2, 0.25) is 5.91 Å². The minimum Gasteiger partial charge on any atom is -0.339 e. The molecule has 1 aromatic heterocycles. The highest BCUT2D eigenvalue weighted by molar-refractivity contribution is 7.11. The van der Waals surface area contributed by atoms with Crippen LogP contribution in [0.4, 0.5) is 0 Å². The number of likely N-dealkylation sites (tertiary alicyclic amines) is 1. The van der Waals surface area contributed by atoms with Crippen LogP contribution in [0.25, 0.3) is 0 Å². The van der Waals surface area contributed by atoms with E-state index in [4.69, 9.17) is 23.2 Å². The molecule has 1 aromatic carbocycles. The second-order valence-corrected chi connectivity index (χ2v) is 8.96. The zero-order valence-corrected chi connectivity index (χ0v) is 16.8. The van der Waals surface area contributed by atoms with Crippen molar-refractivity contribution in [3.05, 3.63) is 55.7 Å². The lowest BCUT2D eigenvalue weighted by Crippen LogP contribution is -2.34. The summed E-state index contributed by atoms with van der Waals surface area (Å²) in [7, 11) is 0. The molecule has 1 aliphatic heterocycles. The van der Waals surface area contributed by atoms with E-state index < -0.39 is 0 Å². The van der Waals surface area contributed by atoms with Gasteiger partial charge in [-0.1, -0.05) is 23.2 Å². The van der Waals surface area contributed by atoms with Crippen LogP contribution in [-0.4, -0.2) is 23.4 Å². The maximum atomic E-state index is 12.3. The van der Waals surface area contributed by atoms with Crippen molar-refractivity contribution in [3.63, 3.8) is 0 Å². The maximum absolute atomic E-state index is 12.3. The summed E-state index contributed by atoms with van der Waals surface area (Å²) in [5, 5.41) is 1.30. The fourth-order valence-corrected chi connectivity index (χ4v) is 5.04. The standard InChI is InChI=1S/C20H23Cl2NOS/c1-14-5-7-19(25-14)4-2-3-18-6-8-20(24)23(18)10-9-15-11-16(21)13-17(22)12-15/h5,7,11-13,18H,2-4,6,8-10H2,1H3/t18-/m0/s1. The number of halogens is 2. The smallest absolute Gasteiger partial charge is 0.222 e. The molecule has 134 valence electrons. The fourth-order valence-electron chi connectivity index (χ4n) is 3.54. The van der Waals surface area contributed by atoms with Gasteiger partial charge in [0.1, 0.15) is 0 Å². The normalized spacial score (nSPS) is 17.5. The second kappa shape index (κ2) is 8.57. The molecule has 25 heavy (non-hydrogen) atoms. The Balaban J connectivity index is 1.52. The number of thiophene rings is 1. The van der Waals surface area contributed by atoms with E-state index in [2.05, 4.69) is 24.0 Å². The number of carbonyl (C=O) groups excluding carboxylic acids is 1. The first kappa shape index (κ1) is 18.8. The molecule has 3 rings (SSSR count). The van der Waals surface area contributed by atoms with Gasteiger partial charge in [0.15, 0.2) is 0 Å². The molecule has 0 spiro atoms. The average molecular weight is 396 g/mol. The molecule has 0 unspecified atom stereocenters. The van der Waals surface area contributed by atoms with E-state index in [0.717, 1.165) is 44.2 Å². The number of carbonyl (C=O) groups is 1. The third-order valence-electron chi connectivity index (χ3n) is 4.77. The van der Waals surface area contributed by atoms with Crippen LogP contribution < -0.4 is 0 Å². The summed E-state index contributed by atoms with van der Waals surface area (Å²) in [6.07, 6.45) is 5.79. The highest BCUT2D eigenvalue weighted by Crippen LogP contribution is 2.26. The molecule has 1 aliphatic rings. The SMILES string of the molecule is Cc1ccc(CCC[C@H]2CCC(=O)N2CCc2cc(Cl)cc(Cl)c2)s1. The Morgan fingerprint density at radius 1 is 1.16 bits per heavy atom. The monoisotopic (exact) mass is 395 g/mol. The van der Waals surface area contributed by atoms with E-state index in [1.165, 1.54) is 9.75 Å². The Hall–Kier alpha value is -1.03. The summed E-state index contributed by atoms with van der Waals surface area (Å²) in [6, 6.07) is 10.4.